The monoisotopic (exact) mass is 314 g/mol. The highest BCUT2D eigenvalue weighted by Gasteiger charge is 2.38. The molecule has 0 aromatic rings. The SMILES string of the molecule is CCCCCC(=O)C(C)(C)OC(CCCC)C(=O)C(C)(C)O. The van der Waals surface area contributed by atoms with Gasteiger partial charge in [-0.1, -0.05) is 39.5 Å². The minimum Gasteiger partial charge on any atom is -0.383 e. The van der Waals surface area contributed by atoms with Crippen LogP contribution in [0.5, 0.6) is 0 Å². The normalized spacial score (nSPS) is 14.0. The molecule has 130 valence electrons. The highest BCUT2D eigenvalue weighted by atomic mass is 16.5. The second kappa shape index (κ2) is 9.41. The van der Waals surface area contributed by atoms with Crippen molar-refractivity contribution in [3.8, 4) is 0 Å². The molecule has 0 fully saturated rings. The molecule has 1 unspecified atom stereocenters. The Kier molecular flexibility index (Phi) is 9.09. The van der Waals surface area contributed by atoms with Gasteiger partial charge in [-0.05, 0) is 40.5 Å². The van der Waals surface area contributed by atoms with E-state index in [1.54, 1.807) is 13.8 Å². The highest BCUT2D eigenvalue weighted by molar-refractivity contribution is 5.91. The van der Waals surface area contributed by atoms with Gasteiger partial charge in [-0.25, -0.2) is 0 Å². The van der Waals surface area contributed by atoms with Gasteiger partial charge in [-0.15, -0.1) is 0 Å². The molecule has 4 nitrogen and oxygen atoms in total. The van der Waals surface area contributed by atoms with Gasteiger partial charge < -0.3 is 9.84 Å². The summed E-state index contributed by atoms with van der Waals surface area (Å²) < 4.78 is 5.86. The lowest BCUT2D eigenvalue weighted by molar-refractivity contribution is -0.164. The molecule has 0 saturated carbocycles. The van der Waals surface area contributed by atoms with Crippen molar-refractivity contribution >= 4 is 11.6 Å². The predicted molar refractivity (Wildman–Crippen MR) is 88.9 cm³/mol. The summed E-state index contributed by atoms with van der Waals surface area (Å²) in [5, 5.41) is 9.95. The number of Topliss-reactive ketones (excluding diaryl/α,β-unsaturated/α-hetero) is 2. The van der Waals surface area contributed by atoms with Crippen molar-refractivity contribution in [1.29, 1.82) is 0 Å². The van der Waals surface area contributed by atoms with Crippen molar-refractivity contribution in [2.45, 2.75) is 104 Å². The van der Waals surface area contributed by atoms with Crippen LogP contribution >= 0.6 is 0 Å². The molecule has 1 atom stereocenters. The van der Waals surface area contributed by atoms with Crippen molar-refractivity contribution in [2.75, 3.05) is 0 Å². The first-order valence-electron chi connectivity index (χ1n) is 8.54. The second-order valence-electron chi connectivity index (χ2n) is 7.06. The molecule has 0 aromatic carbocycles. The van der Waals surface area contributed by atoms with Crippen molar-refractivity contribution in [1.82, 2.24) is 0 Å². The quantitative estimate of drug-likeness (QED) is 0.556. The number of rotatable bonds is 12. The molecule has 0 saturated heterocycles. The van der Waals surface area contributed by atoms with Crippen molar-refractivity contribution in [2.24, 2.45) is 0 Å². The number of unbranched alkanes of at least 4 members (excludes halogenated alkanes) is 3. The standard InChI is InChI=1S/C18H34O4/c1-7-9-11-13-15(19)18(5,6)22-14(12-10-8-2)16(20)17(3,4)21/h14,21H,7-13H2,1-6H3. The molecule has 0 aliphatic carbocycles. The molecule has 22 heavy (non-hydrogen) atoms. The molecule has 0 heterocycles. The van der Waals surface area contributed by atoms with Gasteiger partial charge in [-0.3, -0.25) is 9.59 Å². The Balaban J connectivity index is 4.87. The van der Waals surface area contributed by atoms with Crippen LogP contribution in [0.15, 0.2) is 0 Å². The van der Waals surface area contributed by atoms with Crippen molar-refractivity contribution in [3.05, 3.63) is 0 Å². The Hall–Kier alpha value is -0.740. The second-order valence-corrected chi connectivity index (χ2v) is 7.06. The van der Waals surface area contributed by atoms with Gasteiger partial charge in [0.15, 0.2) is 11.6 Å². The van der Waals surface area contributed by atoms with E-state index < -0.39 is 17.3 Å². The van der Waals surface area contributed by atoms with E-state index in [4.69, 9.17) is 4.74 Å². The van der Waals surface area contributed by atoms with E-state index in [2.05, 4.69) is 6.92 Å². The number of aliphatic hydroxyl groups is 1. The predicted octanol–water partition coefficient (Wildman–Crippen LogP) is 3.83. The Morgan fingerprint density at radius 3 is 2.00 bits per heavy atom. The summed E-state index contributed by atoms with van der Waals surface area (Å²) in [7, 11) is 0. The van der Waals surface area contributed by atoms with E-state index in [9.17, 15) is 14.7 Å². The minimum absolute atomic E-state index is 0.0194. The van der Waals surface area contributed by atoms with Gasteiger partial charge in [0.2, 0.25) is 0 Å². The van der Waals surface area contributed by atoms with E-state index in [0.29, 0.717) is 12.8 Å². The molecule has 0 aromatic heterocycles. The van der Waals surface area contributed by atoms with E-state index in [1.807, 2.05) is 6.92 Å². The third-order valence-corrected chi connectivity index (χ3v) is 3.83. The lowest BCUT2D eigenvalue weighted by Gasteiger charge is -2.32. The number of carbonyl (C=O) groups excluding carboxylic acids is 2. The molecule has 0 radical (unpaired) electrons. The maximum atomic E-state index is 12.3. The van der Waals surface area contributed by atoms with Crippen LogP contribution in [0.3, 0.4) is 0 Å². The van der Waals surface area contributed by atoms with Gasteiger partial charge >= 0.3 is 0 Å². The molecule has 0 aliphatic heterocycles. The summed E-state index contributed by atoms with van der Waals surface area (Å²) >= 11 is 0. The Morgan fingerprint density at radius 2 is 1.55 bits per heavy atom. The van der Waals surface area contributed by atoms with Crippen LogP contribution in [0.1, 0.15) is 86.5 Å². The molecular weight excluding hydrogens is 280 g/mol. The minimum atomic E-state index is -1.44. The maximum Gasteiger partial charge on any atom is 0.192 e. The summed E-state index contributed by atoms with van der Waals surface area (Å²) in [6, 6.07) is 0. The van der Waals surface area contributed by atoms with E-state index >= 15 is 0 Å². The maximum absolute atomic E-state index is 12.3. The molecule has 1 N–H and O–H groups in total. The van der Waals surface area contributed by atoms with Crippen LogP contribution in [-0.2, 0) is 14.3 Å². The first-order chi connectivity index (χ1) is 10.1. The Morgan fingerprint density at radius 1 is 1.00 bits per heavy atom. The number of hydrogen-bond donors (Lipinski definition) is 1. The fourth-order valence-corrected chi connectivity index (χ4v) is 2.28. The lowest BCUT2D eigenvalue weighted by atomic mass is 9.93. The van der Waals surface area contributed by atoms with Crippen LogP contribution in [0.4, 0.5) is 0 Å². The molecule has 4 heteroatoms. The van der Waals surface area contributed by atoms with E-state index in [0.717, 1.165) is 32.1 Å². The first kappa shape index (κ1) is 21.3. The van der Waals surface area contributed by atoms with Gasteiger partial charge in [0, 0.05) is 6.42 Å². The summed E-state index contributed by atoms with van der Waals surface area (Å²) in [5.41, 5.74) is -2.44. The van der Waals surface area contributed by atoms with Crippen LogP contribution in [-0.4, -0.2) is 34.0 Å². The third-order valence-electron chi connectivity index (χ3n) is 3.83. The third kappa shape index (κ3) is 7.50. The molecule has 0 aliphatic rings. The molecule has 0 bridgehead atoms. The lowest BCUT2D eigenvalue weighted by Crippen LogP contribution is -2.47. The summed E-state index contributed by atoms with van der Waals surface area (Å²) in [6.45, 7) is 10.5. The topological polar surface area (TPSA) is 63.6 Å². The fraction of sp³-hybridized carbons (Fsp3) is 0.889. The first-order valence-corrected chi connectivity index (χ1v) is 8.54. The van der Waals surface area contributed by atoms with Crippen LogP contribution in [0, 0.1) is 0 Å². The van der Waals surface area contributed by atoms with Crippen LogP contribution in [0.2, 0.25) is 0 Å². The largest absolute Gasteiger partial charge is 0.383 e. The Labute approximate surface area is 135 Å². The smallest absolute Gasteiger partial charge is 0.192 e. The van der Waals surface area contributed by atoms with Gasteiger partial charge in [0.25, 0.3) is 0 Å². The Bertz CT molecular complexity index is 353. The average molecular weight is 314 g/mol. The zero-order valence-electron chi connectivity index (χ0n) is 15.2. The summed E-state index contributed by atoms with van der Waals surface area (Å²) in [5.74, 6) is -0.332. The van der Waals surface area contributed by atoms with Crippen LogP contribution in [0.25, 0.3) is 0 Å². The number of ketones is 2. The molecule has 0 rings (SSSR count). The van der Waals surface area contributed by atoms with E-state index in [1.165, 1.54) is 13.8 Å². The summed E-state index contributed by atoms with van der Waals surface area (Å²) in [6.07, 6.45) is 4.96. The van der Waals surface area contributed by atoms with Gasteiger partial charge in [0.05, 0.1) is 0 Å². The molecule has 0 amide bonds. The zero-order chi connectivity index (χ0) is 17.4. The average Bonchev–Trinajstić information content (AvgIpc) is 2.41. The molecular formula is C18H34O4. The van der Waals surface area contributed by atoms with Gasteiger partial charge in [0.1, 0.15) is 17.3 Å². The van der Waals surface area contributed by atoms with E-state index in [-0.39, 0.29) is 11.6 Å². The summed E-state index contributed by atoms with van der Waals surface area (Å²) in [4.78, 5) is 24.7. The van der Waals surface area contributed by atoms with Gasteiger partial charge in [-0.2, -0.15) is 0 Å². The molecule has 0 spiro atoms. The fourth-order valence-electron chi connectivity index (χ4n) is 2.28. The van der Waals surface area contributed by atoms with Crippen LogP contribution < -0.4 is 0 Å². The van der Waals surface area contributed by atoms with Crippen molar-refractivity contribution in [3.63, 3.8) is 0 Å². The number of hydrogen-bond acceptors (Lipinski definition) is 4. The zero-order valence-corrected chi connectivity index (χ0v) is 15.2. The van der Waals surface area contributed by atoms with Crippen molar-refractivity contribution < 1.29 is 19.4 Å². The number of ether oxygens (including phenoxy) is 1. The number of carbonyl (C=O) groups is 2. The highest BCUT2D eigenvalue weighted by Crippen LogP contribution is 2.23.